The van der Waals surface area contributed by atoms with E-state index in [1.165, 1.54) is 44.2 Å². The standard InChI is InChI=1S/C36H27N3.C26H21N3/c1-23-24(2)38-25(3)39-36(23)31-18-16-30(17-19-31)33-21-20-32(34-6-4-5-7-35(33)34)29-14-12-28(13-15-29)27-10-8-26(22-37)9-11-27;1-17-18(2)28-19(3)29-26(17)25-14-12-24(13-15-25)23-10-8-22(9-11-23)21-6-4-20(16-27)5-7-21/h4-21H,1-3H3;4-15H,1-3H3. The van der Waals surface area contributed by atoms with Gasteiger partial charge < -0.3 is 0 Å². The van der Waals surface area contributed by atoms with Crippen molar-refractivity contribution in [2.45, 2.75) is 41.5 Å². The Morgan fingerprint density at radius 1 is 0.294 bits per heavy atom. The minimum Gasteiger partial charge on any atom is -0.238 e. The van der Waals surface area contributed by atoms with Crippen molar-refractivity contribution in [2.24, 2.45) is 0 Å². The molecule has 8 aromatic carbocycles. The van der Waals surface area contributed by atoms with Crippen molar-refractivity contribution in [3.8, 4) is 90.3 Å². The van der Waals surface area contributed by atoms with Crippen LogP contribution in [-0.4, -0.2) is 19.9 Å². The Morgan fingerprint density at radius 3 is 0.853 bits per heavy atom. The molecule has 0 bridgehead atoms. The summed E-state index contributed by atoms with van der Waals surface area (Å²) in [7, 11) is 0. The molecule has 0 aliphatic rings. The molecule has 6 heteroatoms. The molecule has 0 unspecified atom stereocenters. The number of fused-ring (bicyclic) bond motifs is 1. The zero-order valence-electron chi connectivity index (χ0n) is 39.0. The summed E-state index contributed by atoms with van der Waals surface area (Å²) < 4.78 is 0. The van der Waals surface area contributed by atoms with Crippen molar-refractivity contribution in [1.82, 2.24) is 19.9 Å². The summed E-state index contributed by atoms with van der Waals surface area (Å²) in [6.45, 7) is 12.1. The van der Waals surface area contributed by atoms with Crippen LogP contribution in [0.3, 0.4) is 0 Å². The third-order valence-electron chi connectivity index (χ3n) is 12.7. The average molecular weight is 877 g/mol. The number of hydrogen-bond acceptors (Lipinski definition) is 6. The van der Waals surface area contributed by atoms with Crippen LogP contribution in [-0.2, 0) is 0 Å². The maximum Gasteiger partial charge on any atom is 0.126 e. The second kappa shape index (κ2) is 19.3. The van der Waals surface area contributed by atoms with E-state index in [2.05, 4.69) is 174 Å². The van der Waals surface area contributed by atoms with Crippen LogP contribution in [0.15, 0.2) is 182 Å². The molecule has 0 amide bonds. The molecule has 0 saturated heterocycles. The maximum absolute atomic E-state index is 9.07. The van der Waals surface area contributed by atoms with E-state index in [1.54, 1.807) is 0 Å². The Balaban J connectivity index is 0.000000178. The molecule has 0 radical (unpaired) electrons. The fourth-order valence-corrected chi connectivity index (χ4v) is 8.70. The maximum atomic E-state index is 9.07. The van der Waals surface area contributed by atoms with Gasteiger partial charge in [-0.15, -0.1) is 0 Å². The number of rotatable bonds is 7. The van der Waals surface area contributed by atoms with Gasteiger partial charge in [0.05, 0.1) is 34.7 Å². The zero-order valence-corrected chi connectivity index (χ0v) is 39.0. The van der Waals surface area contributed by atoms with Gasteiger partial charge in [-0.3, -0.25) is 0 Å². The normalized spacial score (nSPS) is 10.8. The van der Waals surface area contributed by atoms with E-state index in [0.717, 1.165) is 78.9 Å². The van der Waals surface area contributed by atoms with Crippen LogP contribution in [0.5, 0.6) is 0 Å². The third-order valence-corrected chi connectivity index (χ3v) is 12.7. The molecule has 2 aromatic heterocycles. The second-order valence-corrected chi connectivity index (χ2v) is 17.1. The summed E-state index contributed by atoms with van der Waals surface area (Å²) in [6, 6.07) is 67.2. The van der Waals surface area contributed by atoms with Gasteiger partial charge in [-0.05, 0) is 143 Å². The molecule has 6 nitrogen and oxygen atoms in total. The number of nitrogens with zero attached hydrogens (tertiary/aromatic N) is 6. The van der Waals surface area contributed by atoms with Crippen molar-refractivity contribution in [2.75, 3.05) is 0 Å². The van der Waals surface area contributed by atoms with Gasteiger partial charge in [0.15, 0.2) is 0 Å². The molecule has 0 atom stereocenters. The van der Waals surface area contributed by atoms with E-state index in [9.17, 15) is 0 Å². The first-order valence-corrected chi connectivity index (χ1v) is 22.7. The first kappa shape index (κ1) is 44.4. The van der Waals surface area contributed by atoms with E-state index in [0.29, 0.717) is 11.1 Å². The average Bonchev–Trinajstić information content (AvgIpc) is 3.38. The van der Waals surface area contributed by atoms with Crippen LogP contribution in [0.1, 0.15) is 45.3 Å². The molecule has 0 spiro atoms. The van der Waals surface area contributed by atoms with Gasteiger partial charge in [0.2, 0.25) is 0 Å². The zero-order chi connectivity index (χ0) is 47.3. The highest BCUT2D eigenvalue weighted by Gasteiger charge is 2.13. The Morgan fingerprint density at radius 2 is 0.559 bits per heavy atom. The summed E-state index contributed by atoms with van der Waals surface area (Å²) in [5.41, 5.74) is 21.4. The number of aromatic nitrogens is 4. The Bertz CT molecular complexity index is 3520. The third kappa shape index (κ3) is 9.31. The topological polar surface area (TPSA) is 99.1 Å². The first-order chi connectivity index (χ1) is 33.1. The van der Waals surface area contributed by atoms with E-state index in [-0.39, 0.29) is 0 Å². The van der Waals surface area contributed by atoms with Gasteiger partial charge in [0.1, 0.15) is 11.6 Å². The number of benzene rings is 8. The van der Waals surface area contributed by atoms with Crippen LogP contribution in [0, 0.1) is 64.2 Å². The predicted octanol–water partition coefficient (Wildman–Crippen LogP) is 15.4. The molecule has 0 fully saturated rings. The van der Waals surface area contributed by atoms with Crippen LogP contribution in [0.2, 0.25) is 0 Å². The Hall–Kier alpha value is -8.84. The predicted molar refractivity (Wildman–Crippen MR) is 277 cm³/mol. The van der Waals surface area contributed by atoms with Gasteiger partial charge in [0.25, 0.3) is 0 Å². The molecular formula is C62H48N6. The van der Waals surface area contributed by atoms with Gasteiger partial charge in [-0.1, -0.05) is 158 Å². The SMILES string of the molecule is Cc1nc(C)c(C)c(-c2ccc(-c3ccc(-c4ccc(-c5ccc(C#N)cc5)cc4)c4ccccc34)cc2)n1.Cc1nc(C)c(C)c(-c2ccc(-c3ccc(-c4ccc(C#N)cc4)cc3)cc2)n1. The molecule has 0 saturated carbocycles. The lowest BCUT2D eigenvalue weighted by atomic mass is 9.91. The Kier molecular flexibility index (Phi) is 12.6. The summed E-state index contributed by atoms with van der Waals surface area (Å²) >= 11 is 0. The molecule has 10 aromatic rings. The lowest BCUT2D eigenvalue weighted by Crippen LogP contribution is -1.99. The minimum atomic E-state index is 0.672. The summed E-state index contributed by atoms with van der Waals surface area (Å²) in [4.78, 5) is 18.3. The van der Waals surface area contributed by atoms with E-state index in [1.807, 2.05) is 76.2 Å². The van der Waals surface area contributed by atoms with Crippen LogP contribution < -0.4 is 0 Å². The van der Waals surface area contributed by atoms with Gasteiger partial charge >= 0.3 is 0 Å². The lowest BCUT2D eigenvalue weighted by molar-refractivity contribution is 0.991. The quantitative estimate of drug-likeness (QED) is 0.158. The Labute approximate surface area is 398 Å². The number of nitriles is 2. The van der Waals surface area contributed by atoms with Crippen LogP contribution in [0.4, 0.5) is 0 Å². The van der Waals surface area contributed by atoms with E-state index < -0.39 is 0 Å². The molecular weight excluding hydrogens is 829 g/mol. The van der Waals surface area contributed by atoms with Crippen molar-refractivity contribution < 1.29 is 0 Å². The molecule has 68 heavy (non-hydrogen) atoms. The largest absolute Gasteiger partial charge is 0.238 e. The lowest BCUT2D eigenvalue weighted by Gasteiger charge is -2.14. The van der Waals surface area contributed by atoms with Gasteiger partial charge in [-0.2, -0.15) is 10.5 Å². The molecule has 10 rings (SSSR count). The van der Waals surface area contributed by atoms with Crippen LogP contribution >= 0.6 is 0 Å². The highest BCUT2D eigenvalue weighted by molar-refractivity contribution is 6.05. The van der Waals surface area contributed by atoms with E-state index >= 15 is 0 Å². The monoisotopic (exact) mass is 876 g/mol. The molecule has 0 N–H and O–H groups in total. The number of aryl methyl sites for hydroxylation is 4. The molecule has 326 valence electrons. The van der Waals surface area contributed by atoms with Crippen molar-refractivity contribution >= 4 is 10.8 Å². The summed E-state index contributed by atoms with van der Waals surface area (Å²) in [6.07, 6.45) is 0. The second-order valence-electron chi connectivity index (χ2n) is 17.1. The highest BCUT2D eigenvalue weighted by Crippen LogP contribution is 2.37. The molecule has 2 heterocycles. The molecule has 0 aliphatic heterocycles. The van der Waals surface area contributed by atoms with Crippen molar-refractivity contribution in [3.05, 3.63) is 227 Å². The highest BCUT2D eigenvalue weighted by atomic mass is 14.9. The van der Waals surface area contributed by atoms with E-state index in [4.69, 9.17) is 15.5 Å². The summed E-state index contributed by atoms with van der Waals surface area (Å²) in [5, 5.41) is 20.5. The number of hydrogen-bond donors (Lipinski definition) is 0. The fraction of sp³-hybridized carbons (Fsp3) is 0.0968. The van der Waals surface area contributed by atoms with Gasteiger partial charge in [-0.25, -0.2) is 19.9 Å². The molecule has 0 aliphatic carbocycles. The van der Waals surface area contributed by atoms with Crippen molar-refractivity contribution in [1.29, 1.82) is 10.5 Å². The smallest absolute Gasteiger partial charge is 0.126 e. The van der Waals surface area contributed by atoms with Crippen LogP contribution in [0.25, 0.3) is 88.9 Å². The fourth-order valence-electron chi connectivity index (χ4n) is 8.70. The van der Waals surface area contributed by atoms with Crippen molar-refractivity contribution in [3.63, 3.8) is 0 Å². The minimum absolute atomic E-state index is 0.672. The summed E-state index contributed by atoms with van der Waals surface area (Å²) in [5.74, 6) is 1.59. The van der Waals surface area contributed by atoms with Gasteiger partial charge in [0, 0.05) is 22.5 Å². The first-order valence-electron chi connectivity index (χ1n) is 22.7.